The van der Waals surface area contributed by atoms with Crippen LogP contribution >= 0.6 is 15.9 Å². The molecule has 0 radical (unpaired) electrons. The molecule has 0 saturated heterocycles. The first kappa shape index (κ1) is 11.2. The van der Waals surface area contributed by atoms with E-state index in [1.54, 1.807) is 0 Å². The lowest BCUT2D eigenvalue weighted by molar-refractivity contribution is 0.0692. The van der Waals surface area contributed by atoms with Crippen LogP contribution in [0.4, 0.5) is 0 Å². The molecular weight excluding hydrogens is 272 g/mol. The Balaban J connectivity index is 3.62. The number of halogens is 1. The fourth-order valence-electron chi connectivity index (χ4n) is 1.05. The molecule has 0 aliphatic carbocycles. The van der Waals surface area contributed by atoms with E-state index >= 15 is 0 Å². The lowest BCUT2D eigenvalue weighted by Gasteiger charge is -2.05. The molecule has 0 atom stereocenters. The second-order valence-electron chi connectivity index (χ2n) is 2.69. The van der Waals surface area contributed by atoms with Crippen LogP contribution in [0.1, 0.15) is 10.4 Å². The maximum Gasteiger partial charge on any atom is 0.337 e. The van der Waals surface area contributed by atoms with E-state index in [1.165, 1.54) is 18.2 Å². The molecule has 0 fully saturated rings. The summed E-state index contributed by atoms with van der Waals surface area (Å²) >= 11 is 3.01. The van der Waals surface area contributed by atoms with Crippen molar-refractivity contribution in [2.24, 2.45) is 0 Å². The first-order valence-corrected chi connectivity index (χ1v) is 6.24. The van der Waals surface area contributed by atoms with Gasteiger partial charge in [-0.3, -0.25) is 0 Å². The summed E-state index contributed by atoms with van der Waals surface area (Å²) in [5.74, 6) is -1.26. The average Bonchev–Trinajstić information content (AvgIpc) is 2.01. The van der Waals surface area contributed by atoms with Gasteiger partial charge in [-0.15, -0.1) is 0 Å². The molecule has 14 heavy (non-hydrogen) atoms. The Morgan fingerprint density at radius 2 is 2.00 bits per heavy atom. The van der Waals surface area contributed by atoms with Gasteiger partial charge in [0.25, 0.3) is 0 Å². The second-order valence-corrected chi connectivity index (χ2v) is 5.50. The third-order valence-electron chi connectivity index (χ3n) is 1.57. The van der Waals surface area contributed by atoms with Gasteiger partial charge in [-0.2, -0.15) is 0 Å². The Labute approximate surface area is 89.6 Å². The van der Waals surface area contributed by atoms with Crippen LogP contribution in [-0.2, 0) is 9.84 Å². The minimum Gasteiger partial charge on any atom is -0.478 e. The number of rotatable bonds is 2. The molecule has 1 rings (SSSR count). The molecule has 0 unspecified atom stereocenters. The number of carboxylic acids is 1. The number of aromatic carboxylic acids is 1. The summed E-state index contributed by atoms with van der Waals surface area (Å²) in [7, 11) is -3.54. The van der Waals surface area contributed by atoms with Gasteiger partial charge in [0.2, 0.25) is 0 Å². The van der Waals surface area contributed by atoms with Gasteiger partial charge in [-0.25, -0.2) is 13.2 Å². The molecule has 0 aliphatic heterocycles. The molecule has 1 N–H and O–H groups in total. The minimum absolute atomic E-state index is 0.187. The number of benzene rings is 1. The van der Waals surface area contributed by atoms with Crippen molar-refractivity contribution in [1.29, 1.82) is 0 Å². The van der Waals surface area contributed by atoms with E-state index in [-0.39, 0.29) is 14.9 Å². The normalized spacial score (nSPS) is 11.3. The van der Waals surface area contributed by atoms with E-state index in [9.17, 15) is 13.2 Å². The first-order valence-electron chi connectivity index (χ1n) is 3.56. The van der Waals surface area contributed by atoms with Crippen LogP contribution in [0.25, 0.3) is 0 Å². The van der Waals surface area contributed by atoms with Crippen molar-refractivity contribution < 1.29 is 18.3 Å². The molecule has 0 saturated carbocycles. The molecule has 0 heterocycles. The van der Waals surface area contributed by atoms with Crippen molar-refractivity contribution in [3.05, 3.63) is 28.2 Å². The molecule has 0 amide bonds. The van der Waals surface area contributed by atoms with Crippen LogP contribution in [0.15, 0.2) is 27.6 Å². The van der Waals surface area contributed by atoms with Crippen molar-refractivity contribution in [2.75, 3.05) is 6.26 Å². The summed E-state index contributed by atoms with van der Waals surface area (Å²) in [5.41, 5.74) is -0.220. The Morgan fingerprint density at radius 3 is 2.36 bits per heavy atom. The van der Waals surface area contributed by atoms with E-state index in [0.717, 1.165) is 6.26 Å². The number of hydrogen-bond donors (Lipinski definition) is 1. The molecule has 0 aliphatic rings. The molecule has 0 bridgehead atoms. The maximum atomic E-state index is 11.3. The van der Waals surface area contributed by atoms with Crippen LogP contribution in [-0.4, -0.2) is 25.7 Å². The number of carboxylic acid groups (broad SMARTS) is 1. The van der Waals surface area contributed by atoms with Crippen molar-refractivity contribution in [3.8, 4) is 0 Å². The lowest BCUT2D eigenvalue weighted by atomic mass is 10.2. The van der Waals surface area contributed by atoms with Gasteiger partial charge in [-0.05, 0) is 28.1 Å². The van der Waals surface area contributed by atoms with Crippen LogP contribution in [0.3, 0.4) is 0 Å². The third kappa shape index (κ3) is 2.13. The smallest absolute Gasteiger partial charge is 0.337 e. The lowest BCUT2D eigenvalue weighted by Crippen LogP contribution is -2.08. The Morgan fingerprint density at radius 1 is 1.43 bits per heavy atom. The zero-order valence-electron chi connectivity index (χ0n) is 7.19. The van der Waals surface area contributed by atoms with Crippen molar-refractivity contribution in [1.82, 2.24) is 0 Å². The topological polar surface area (TPSA) is 71.4 Å². The Kier molecular flexibility index (Phi) is 2.96. The number of carbonyl (C=O) groups is 1. The van der Waals surface area contributed by atoms with E-state index in [2.05, 4.69) is 15.9 Å². The Bertz CT molecular complexity index is 478. The largest absolute Gasteiger partial charge is 0.478 e. The van der Waals surface area contributed by atoms with Crippen LogP contribution in [0.5, 0.6) is 0 Å². The van der Waals surface area contributed by atoms with Gasteiger partial charge < -0.3 is 5.11 Å². The van der Waals surface area contributed by atoms with E-state index in [1.807, 2.05) is 0 Å². The van der Waals surface area contributed by atoms with Gasteiger partial charge in [0, 0.05) is 10.7 Å². The predicted octanol–water partition coefficient (Wildman–Crippen LogP) is 1.55. The van der Waals surface area contributed by atoms with Gasteiger partial charge in [-0.1, -0.05) is 6.07 Å². The zero-order valence-corrected chi connectivity index (χ0v) is 9.59. The molecule has 1 aromatic carbocycles. The van der Waals surface area contributed by atoms with Gasteiger partial charge in [0.15, 0.2) is 9.84 Å². The monoisotopic (exact) mass is 278 g/mol. The predicted molar refractivity (Wildman–Crippen MR) is 54.2 cm³/mol. The molecule has 0 spiro atoms. The number of sulfone groups is 1. The number of hydrogen-bond acceptors (Lipinski definition) is 3. The SMILES string of the molecule is CS(=O)(=O)c1c(Br)cccc1C(=O)O. The second kappa shape index (κ2) is 3.70. The van der Waals surface area contributed by atoms with Crippen LogP contribution in [0.2, 0.25) is 0 Å². The van der Waals surface area contributed by atoms with Crippen LogP contribution in [0, 0.1) is 0 Å². The summed E-state index contributed by atoms with van der Waals surface area (Å²) in [6, 6.07) is 4.22. The van der Waals surface area contributed by atoms with E-state index < -0.39 is 15.8 Å². The van der Waals surface area contributed by atoms with Gasteiger partial charge in [0.1, 0.15) is 0 Å². The molecule has 4 nitrogen and oxygen atoms in total. The molecule has 1 aromatic rings. The zero-order chi connectivity index (χ0) is 10.9. The van der Waals surface area contributed by atoms with E-state index in [0.29, 0.717) is 0 Å². The van der Waals surface area contributed by atoms with Crippen LogP contribution < -0.4 is 0 Å². The standard InChI is InChI=1S/C8H7BrO4S/c1-14(12,13)7-5(8(10)11)3-2-4-6(7)9/h2-4H,1H3,(H,10,11). The highest BCUT2D eigenvalue weighted by Gasteiger charge is 2.20. The molecule has 6 heteroatoms. The molecule has 0 aromatic heterocycles. The fraction of sp³-hybridized carbons (Fsp3) is 0.125. The Hall–Kier alpha value is -0.880. The highest BCUT2D eigenvalue weighted by molar-refractivity contribution is 9.10. The van der Waals surface area contributed by atoms with Crippen molar-refractivity contribution >= 4 is 31.7 Å². The maximum absolute atomic E-state index is 11.3. The van der Waals surface area contributed by atoms with Crippen molar-refractivity contribution in [3.63, 3.8) is 0 Å². The summed E-state index contributed by atoms with van der Waals surface area (Å²) in [6.45, 7) is 0. The molecular formula is C8H7BrO4S. The first-order chi connectivity index (χ1) is 6.34. The highest BCUT2D eigenvalue weighted by Crippen LogP contribution is 2.25. The summed E-state index contributed by atoms with van der Waals surface area (Å²) < 4.78 is 22.8. The molecule has 76 valence electrons. The third-order valence-corrected chi connectivity index (χ3v) is 3.67. The average molecular weight is 279 g/mol. The van der Waals surface area contributed by atoms with E-state index in [4.69, 9.17) is 5.11 Å². The quantitative estimate of drug-likeness (QED) is 0.891. The highest BCUT2D eigenvalue weighted by atomic mass is 79.9. The minimum atomic E-state index is -3.54. The summed E-state index contributed by atoms with van der Waals surface area (Å²) in [5, 5.41) is 8.77. The fourth-order valence-corrected chi connectivity index (χ4v) is 3.28. The van der Waals surface area contributed by atoms with Gasteiger partial charge >= 0.3 is 5.97 Å². The van der Waals surface area contributed by atoms with Gasteiger partial charge in [0.05, 0.1) is 10.5 Å². The summed E-state index contributed by atoms with van der Waals surface area (Å²) in [6.07, 6.45) is 0.972. The summed E-state index contributed by atoms with van der Waals surface area (Å²) in [4.78, 5) is 10.5. The van der Waals surface area contributed by atoms with Crippen molar-refractivity contribution in [2.45, 2.75) is 4.90 Å².